The Morgan fingerprint density at radius 1 is 1.50 bits per heavy atom. The minimum Gasteiger partial charge on any atom is -0.384 e. The molecule has 1 aliphatic rings. The second-order valence-corrected chi connectivity index (χ2v) is 1.77. The number of allylic oxidation sites excluding steroid dienone is 1. The average Bonchev–Trinajstić information content (AvgIpc) is 2.12. The predicted molar refractivity (Wildman–Crippen MR) is 26.5 cm³/mol. The summed E-state index contributed by atoms with van der Waals surface area (Å²) in [5.41, 5.74) is 0.130. The summed E-state index contributed by atoms with van der Waals surface area (Å²) in [7, 11) is 0. The zero-order valence-electron chi connectivity index (χ0n) is 4.38. The first-order chi connectivity index (χ1) is 3.80. The largest absolute Gasteiger partial charge is 0.384 e. The van der Waals surface area contributed by atoms with E-state index in [1.807, 2.05) is 0 Å². The van der Waals surface area contributed by atoms with E-state index in [-0.39, 0.29) is 5.70 Å². The summed E-state index contributed by atoms with van der Waals surface area (Å²) in [6.45, 7) is 0.701. The number of halogens is 2. The highest BCUT2D eigenvalue weighted by Crippen LogP contribution is 2.14. The highest BCUT2D eigenvalue weighted by Gasteiger charge is 2.10. The fourth-order valence-electron chi connectivity index (χ4n) is 0.754. The summed E-state index contributed by atoms with van der Waals surface area (Å²) in [5, 5.41) is 2.59. The van der Waals surface area contributed by atoms with Gasteiger partial charge in [0.05, 0.1) is 5.70 Å². The second kappa shape index (κ2) is 2.11. The van der Waals surface area contributed by atoms with Crippen LogP contribution in [0.25, 0.3) is 0 Å². The Kier molecular flexibility index (Phi) is 1.46. The smallest absolute Gasteiger partial charge is 0.289 e. The molecule has 1 saturated heterocycles. The quantitative estimate of drug-likeness (QED) is 0.509. The van der Waals surface area contributed by atoms with Crippen LogP contribution in [0.2, 0.25) is 0 Å². The van der Waals surface area contributed by atoms with Crippen molar-refractivity contribution in [1.82, 2.24) is 5.32 Å². The van der Waals surface area contributed by atoms with Crippen molar-refractivity contribution in [1.29, 1.82) is 0 Å². The Hall–Kier alpha value is -0.600. The summed E-state index contributed by atoms with van der Waals surface area (Å²) in [6, 6.07) is 0. The SMILES string of the molecule is FC(F)=C1CCCN1. The van der Waals surface area contributed by atoms with Gasteiger partial charge in [0.25, 0.3) is 6.08 Å². The van der Waals surface area contributed by atoms with Gasteiger partial charge < -0.3 is 5.32 Å². The Morgan fingerprint density at radius 3 is 2.50 bits per heavy atom. The Labute approximate surface area is 46.4 Å². The third-order valence-electron chi connectivity index (χ3n) is 1.17. The van der Waals surface area contributed by atoms with Crippen LogP contribution in [0.3, 0.4) is 0 Å². The molecule has 1 heterocycles. The van der Waals surface area contributed by atoms with Gasteiger partial charge in [-0.2, -0.15) is 8.78 Å². The van der Waals surface area contributed by atoms with Crippen molar-refractivity contribution < 1.29 is 8.78 Å². The van der Waals surface area contributed by atoms with Crippen LogP contribution in [-0.2, 0) is 0 Å². The van der Waals surface area contributed by atoms with Crippen LogP contribution >= 0.6 is 0 Å². The number of rotatable bonds is 0. The molecule has 0 spiro atoms. The Bertz CT molecular complexity index is 108. The third-order valence-corrected chi connectivity index (χ3v) is 1.17. The normalized spacial score (nSPS) is 18.5. The first-order valence-electron chi connectivity index (χ1n) is 2.59. The van der Waals surface area contributed by atoms with Gasteiger partial charge in [-0.05, 0) is 12.8 Å². The molecule has 0 aromatic heterocycles. The van der Waals surface area contributed by atoms with Crippen LogP contribution in [0.1, 0.15) is 12.8 Å². The van der Waals surface area contributed by atoms with Gasteiger partial charge in [-0.3, -0.25) is 0 Å². The molecule has 0 unspecified atom stereocenters. The van der Waals surface area contributed by atoms with Gasteiger partial charge in [0.1, 0.15) is 0 Å². The second-order valence-electron chi connectivity index (χ2n) is 1.77. The van der Waals surface area contributed by atoms with Gasteiger partial charge in [0.2, 0.25) is 0 Å². The van der Waals surface area contributed by atoms with Crippen molar-refractivity contribution in [2.24, 2.45) is 0 Å². The maximum Gasteiger partial charge on any atom is 0.289 e. The third kappa shape index (κ3) is 0.967. The highest BCUT2D eigenvalue weighted by molar-refractivity contribution is 5.03. The van der Waals surface area contributed by atoms with E-state index in [4.69, 9.17) is 0 Å². The van der Waals surface area contributed by atoms with Crippen LogP contribution in [0, 0.1) is 0 Å². The van der Waals surface area contributed by atoms with Gasteiger partial charge in [0, 0.05) is 6.54 Å². The molecule has 0 bridgehead atoms. The predicted octanol–water partition coefficient (Wildman–Crippen LogP) is 1.48. The molecule has 1 N–H and O–H groups in total. The monoisotopic (exact) mass is 119 g/mol. The van der Waals surface area contributed by atoms with E-state index in [1.165, 1.54) is 0 Å². The molecule has 1 aliphatic heterocycles. The van der Waals surface area contributed by atoms with Gasteiger partial charge in [0.15, 0.2) is 0 Å². The summed E-state index contributed by atoms with van der Waals surface area (Å²) >= 11 is 0. The molecule has 46 valence electrons. The molecule has 3 heteroatoms. The van der Waals surface area contributed by atoms with Crippen LogP contribution in [-0.4, -0.2) is 6.54 Å². The number of hydrogen-bond acceptors (Lipinski definition) is 1. The van der Waals surface area contributed by atoms with Gasteiger partial charge in [-0.25, -0.2) is 0 Å². The van der Waals surface area contributed by atoms with E-state index in [9.17, 15) is 8.78 Å². The van der Waals surface area contributed by atoms with Gasteiger partial charge in [-0.15, -0.1) is 0 Å². The maximum absolute atomic E-state index is 11.6. The summed E-state index contributed by atoms with van der Waals surface area (Å²) < 4.78 is 23.1. The standard InChI is InChI=1S/C5H7F2N/c6-5(7)4-2-1-3-8-4/h8H,1-3H2. The van der Waals surface area contributed by atoms with Crippen LogP contribution < -0.4 is 5.32 Å². The molecule has 0 aromatic carbocycles. The average molecular weight is 119 g/mol. The lowest BCUT2D eigenvalue weighted by atomic mass is 10.3. The lowest BCUT2D eigenvalue weighted by Gasteiger charge is -1.91. The fourth-order valence-corrected chi connectivity index (χ4v) is 0.754. The summed E-state index contributed by atoms with van der Waals surface area (Å²) in [4.78, 5) is 0. The lowest BCUT2D eigenvalue weighted by molar-refractivity contribution is 0.405. The fraction of sp³-hybridized carbons (Fsp3) is 0.600. The Morgan fingerprint density at radius 2 is 2.25 bits per heavy atom. The molecule has 0 saturated carbocycles. The van der Waals surface area contributed by atoms with Crippen LogP contribution in [0.15, 0.2) is 11.8 Å². The first kappa shape index (κ1) is 5.54. The van der Waals surface area contributed by atoms with Crippen molar-refractivity contribution in [2.75, 3.05) is 6.54 Å². The molecule has 1 nitrogen and oxygen atoms in total. The van der Waals surface area contributed by atoms with E-state index in [0.717, 1.165) is 6.42 Å². The van der Waals surface area contributed by atoms with Gasteiger partial charge in [-0.1, -0.05) is 0 Å². The Balaban J connectivity index is 2.58. The minimum absolute atomic E-state index is 0.130. The molecular weight excluding hydrogens is 112 g/mol. The molecule has 1 rings (SSSR count). The van der Waals surface area contributed by atoms with Gasteiger partial charge >= 0.3 is 0 Å². The number of hydrogen-bond donors (Lipinski definition) is 1. The van der Waals surface area contributed by atoms with Crippen molar-refractivity contribution in [2.45, 2.75) is 12.8 Å². The minimum atomic E-state index is -1.55. The molecule has 0 atom stereocenters. The number of nitrogens with one attached hydrogen (secondary N) is 1. The van der Waals surface area contributed by atoms with Crippen molar-refractivity contribution >= 4 is 0 Å². The molecule has 0 amide bonds. The molecule has 8 heavy (non-hydrogen) atoms. The summed E-state index contributed by atoms with van der Waals surface area (Å²) in [5.74, 6) is 0. The maximum atomic E-state index is 11.6. The zero-order chi connectivity index (χ0) is 5.98. The highest BCUT2D eigenvalue weighted by atomic mass is 19.3. The van der Waals surface area contributed by atoms with E-state index in [2.05, 4.69) is 5.32 Å². The van der Waals surface area contributed by atoms with E-state index in [0.29, 0.717) is 13.0 Å². The van der Waals surface area contributed by atoms with Crippen LogP contribution in [0.5, 0.6) is 0 Å². The molecule has 0 aliphatic carbocycles. The molecule has 0 radical (unpaired) electrons. The molecule has 0 aromatic rings. The van der Waals surface area contributed by atoms with E-state index >= 15 is 0 Å². The first-order valence-corrected chi connectivity index (χ1v) is 2.59. The molecule has 1 fully saturated rings. The topological polar surface area (TPSA) is 12.0 Å². The molecular formula is C5H7F2N. The summed E-state index contributed by atoms with van der Waals surface area (Å²) in [6.07, 6.45) is -0.197. The van der Waals surface area contributed by atoms with Crippen molar-refractivity contribution in [3.63, 3.8) is 0 Å². The van der Waals surface area contributed by atoms with Crippen LogP contribution in [0.4, 0.5) is 8.78 Å². The van der Waals surface area contributed by atoms with Crippen molar-refractivity contribution in [3.8, 4) is 0 Å². The van der Waals surface area contributed by atoms with E-state index < -0.39 is 6.08 Å². The van der Waals surface area contributed by atoms with E-state index in [1.54, 1.807) is 0 Å². The zero-order valence-corrected chi connectivity index (χ0v) is 4.38. The lowest BCUT2D eigenvalue weighted by Crippen LogP contribution is -2.03. The van der Waals surface area contributed by atoms with Crippen molar-refractivity contribution in [3.05, 3.63) is 11.8 Å².